The van der Waals surface area contributed by atoms with Crippen molar-refractivity contribution in [2.75, 3.05) is 36.4 Å². The van der Waals surface area contributed by atoms with Crippen molar-refractivity contribution in [3.63, 3.8) is 0 Å². The van der Waals surface area contributed by atoms with Crippen LogP contribution in [0.2, 0.25) is 5.02 Å². The van der Waals surface area contributed by atoms with Gasteiger partial charge in [-0.15, -0.1) is 0 Å². The van der Waals surface area contributed by atoms with Crippen molar-refractivity contribution in [3.05, 3.63) is 47.4 Å². The molecular formula is C19H24ClN5O. The zero-order valence-corrected chi connectivity index (χ0v) is 15.9. The number of carbonyl (C=O) groups is 1. The zero-order chi connectivity index (χ0) is 18.5. The van der Waals surface area contributed by atoms with Crippen LogP contribution in [-0.2, 0) is 0 Å². The molecule has 3 rings (SSSR count). The van der Waals surface area contributed by atoms with Crippen molar-refractivity contribution in [1.82, 2.24) is 14.9 Å². The maximum absolute atomic E-state index is 12.7. The van der Waals surface area contributed by atoms with Crippen LogP contribution in [-0.4, -0.2) is 53.0 Å². The molecule has 7 heteroatoms. The van der Waals surface area contributed by atoms with Crippen LogP contribution in [0.4, 0.5) is 11.5 Å². The highest BCUT2D eigenvalue weighted by molar-refractivity contribution is 6.30. The van der Waals surface area contributed by atoms with Crippen molar-refractivity contribution in [1.29, 1.82) is 0 Å². The van der Waals surface area contributed by atoms with Crippen LogP contribution in [0, 0.1) is 0 Å². The number of piperazine rings is 1. The summed E-state index contributed by atoms with van der Waals surface area (Å²) in [5.74, 6) is 0.625. The van der Waals surface area contributed by atoms with Gasteiger partial charge in [-0.1, -0.05) is 24.6 Å². The monoisotopic (exact) mass is 373 g/mol. The molecule has 1 atom stereocenters. The molecule has 0 aliphatic carbocycles. The van der Waals surface area contributed by atoms with Crippen molar-refractivity contribution >= 4 is 29.0 Å². The van der Waals surface area contributed by atoms with E-state index >= 15 is 0 Å². The van der Waals surface area contributed by atoms with E-state index in [1.165, 1.54) is 0 Å². The lowest BCUT2D eigenvalue weighted by Gasteiger charge is -2.36. The molecule has 1 unspecified atom stereocenters. The van der Waals surface area contributed by atoms with E-state index in [0.717, 1.165) is 30.2 Å². The third kappa shape index (κ3) is 4.43. The van der Waals surface area contributed by atoms with Crippen LogP contribution in [0.15, 0.2) is 36.7 Å². The van der Waals surface area contributed by atoms with Gasteiger partial charge in [-0.2, -0.15) is 0 Å². The first kappa shape index (κ1) is 18.5. The summed E-state index contributed by atoms with van der Waals surface area (Å²) < 4.78 is 0. The van der Waals surface area contributed by atoms with Crippen molar-refractivity contribution in [2.24, 2.45) is 0 Å². The average Bonchev–Trinajstić information content (AvgIpc) is 2.68. The van der Waals surface area contributed by atoms with E-state index in [4.69, 9.17) is 11.6 Å². The van der Waals surface area contributed by atoms with E-state index in [1.54, 1.807) is 12.4 Å². The normalized spacial score (nSPS) is 15.7. The molecule has 138 valence electrons. The van der Waals surface area contributed by atoms with E-state index < -0.39 is 0 Å². The van der Waals surface area contributed by atoms with Gasteiger partial charge in [0.1, 0.15) is 11.5 Å². The van der Waals surface area contributed by atoms with Gasteiger partial charge in [-0.25, -0.2) is 9.97 Å². The molecule has 1 aliphatic heterocycles. The minimum Gasteiger partial charge on any atom is -0.368 e. The molecule has 6 nitrogen and oxygen atoms in total. The maximum Gasteiger partial charge on any atom is 0.274 e. The van der Waals surface area contributed by atoms with Crippen LogP contribution in [0.3, 0.4) is 0 Å². The van der Waals surface area contributed by atoms with Gasteiger partial charge in [0.2, 0.25) is 0 Å². The smallest absolute Gasteiger partial charge is 0.274 e. The Hall–Kier alpha value is -2.34. The fraction of sp³-hybridized carbons (Fsp3) is 0.421. The van der Waals surface area contributed by atoms with Gasteiger partial charge >= 0.3 is 0 Å². The number of hydrogen-bond acceptors (Lipinski definition) is 5. The van der Waals surface area contributed by atoms with Gasteiger partial charge in [-0.05, 0) is 31.5 Å². The Labute approximate surface area is 159 Å². The molecule has 1 N–H and O–H groups in total. The number of rotatable bonds is 5. The molecule has 1 saturated heterocycles. The predicted octanol–water partition coefficient (Wildman–Crippen LogP) is 3.30. The molecule has 0 bridgehead atoms. The number of amides is 1. The molecule has 1 fully saturated rings. The Morgan fingerprint density at radius 3 is 2.62 bits per heavy atom. The van der Waals surface area contributed by atoms with Crippen LogP contribution >= 0.6 is 11.6 Å². The number of anilines is 2. The fourth-order valence-corrected chi connectivity index (χ4v) is 3.05. The first-order chi connectivity index (χ1) is 12.6. The lowest BCUT2D eigenvalue weighted by molar-refractivity contribution is 0.0740. The summed E-state index contributed by atoms with van der Waals surface area (Å²) in [4.78, 5) is 25.3. The Morgan fingerprint density at radius 1 is 1.23 bits per heavy atom. The summed E-state index contributed by atoms with van der Waals surface area (Å²) in [6, 6.07) is 8.12. The van der Waals surface area contributed by atoms with Crippen molar-refractivity contribution < 1.29 is 4.79 Å². The fourth-order valence-electron chi connectivity index (χ4n) is 2.87. The van der Waals surface area contributed by atoms with Gasteiger partial charge in [0.25, 0.3) is 5.91 Å². The number of carbonyl (C=O) groups excluding carboxylic acids is 1. The lowest BCUT2D eigenvalue weighted by atomic mass is 10.2. The first-order valence-corrected chi connectivity index (χ1v) is 9.33. The summed E-state index contributed by atoms with van der Waals surface area (Å²) in [5, 5.41) is 3.97. The van der Waals surface area contributed by atoms with E-state index in [1.807, 2.05) is 29.2 Å². The second-order valence-electron chi connectivity index (χ2n) is 6.50. The minimum absolute atomic E-state index is 0.0710. The highest BCUT2D eigenvalue weighted by Crippen LogP contribution is 2.21. The van der Waals surface area contributed by atoms with Gasteiger partial charge in [0.05, 0.1) is 12.4 Å². The van der Waals surface area contributed by atoms with Gasteiger partial charge in [0.15, 0.2) is 0 Å². The Balaban J connectivity index is 1.58. The molecule has 1 amide bonds. The number of nitrogens with zero attached hydrogens (tertiary/aromatic N) is 4. The standard InChI is InChI=1S/C19H24ClN5O/c1-3-14(2)23-18-13-21-17(12-22-18)19(26)25-9-7-24(8-10-25)16-6-4-5-15(20)11-16/h4-6,11-14H,3,7-10H2,1-2H3,(H,22,23). The second kappa shape index (κ2) is 8.36. The van der Waals surface area contributed by atoms with Crippen LogP contribution < -0.4 is 10.2 Å². The van der Waals surface area contributed by atoms with Crippen LogP contribution in [0.25, 0.3) is 0 Å². The Bertz CT molecular complexity index is 744. The number of benzene rings is 1. The van der Waals surface area contributed by atoms with E-state index in [9.17, 15) is 4.79 Å². The van der Waals surface area contributed by atoms with Gasteiger partial charge in [-0.3, -0.25) is 4.79 Å². The number of aromatic nitrogens is 2. The van der Waals surface area contributed by atoms with Crippen molar-refractivity contribution in [2.45, 2.75) is 26.3 Å². The third-order valence-electron chi connectivity index (χ3n) is 4.62. The van der Waals surface area contributed by atoms with Gasteiger partial charge < -0.3 is 15.1 Å². The second-order valence-corrected chi connectivity index (χ2v) is 6.94. The predicted molar refractivity (Wildman–Crippen MR) is 105 cm³/mol. The molecule has 0 saturated carbocycles. The summed E-state index contributed by atoms with van der Waals surface area (Å²) >= 11 is 6.07. The quantitative estimate of drug-likeness (QED) is 0.871. The summed E-state index contributed by atoms with van der Waals surface area (Å²) in [6.07, 6.45) is 4.18. The molecule has 2 aromatic rings. The van der Waals surface area contributed by atoms with Gasteiger partial charge in [0, 0.05) is 42.9 Å². The Kier molecular flexibility index (Phi) is 5.93. The molecular weight excluding hydrogens is 350 g/mol. The molecule has 1 aromatic carbocycles. The first-order valence-electron chi connectivity index (χ1n) is 8.95. The Morgan fingerprint density at radius 2 is 2.00 bits per heavy atom. The molecule has 1 aromatic heterocycles. The van der Waals surface area contributed by atoms with E-state index in [2.05, 4.69) is 34.0 Å². The zero-order valence-electron chi connectivity index (χ0n) is 15.2. The average molecular weight is 374 g/mol. The molecule has 26 heavy (non-hydrogen) atoms. The SMILES string of the molecule is CCC(C)Nc1cnc(C(=O)N2CCN(c3cccc(Cl)c3)CC2)cn1. The molecule has 1 aliphatic rings. The van der Waals surface area contributed by atoms with Crippen LogP contribution in [0.5, 0.6) is 0 Å². The van der Waals surface area contributed by atoms with Crippen molar-refractivity contribution in [3.8, 4) is 0 Å². The molecule has 0 radical (unpaired) electrons. The highest BCUT2D eigenvalue weighted by Gasteiger charge is 2.23. The van der Waals surface area contributed by atoms with Crippen LogP contribution in [0.1, 0.15) is 30.8 Å². The molecule has 0 spiro atoms. The third-order valence-corrected chi connectivity index (χ3v) is 4.85. The number of nitrogens with one attached hydrogen (secondary N) is 1. The summed E-state index contributed by atoms with van der Waals surface area (Å²) in [5.41, 5.74) is 1.47. The number of hydrogen-bond donors (Lipinski definition) is 1. The maximum atomic E-state index is 12.7. The topological polar surface area (TPSA) is 61.4 Å². The highest BCUT2D eigenvalue weighted by atomic mass is 35.5. The molecule has 2 heterocycles. The van der Waals surface area contributed by atoms with E-state index in [-0.39, 0.29) is 5.91 Å². The largest absolute Gasteiger partial charge is 0.368 e. The summed E-state index contributed by atoms with van der Waals surface area (Å²) in [6.45, 7) is 7.03. The lowest BCUT2D eigenvalue weighted by Crippen LogP contribution is -2.49. The van der Waals surface area contributed by atoms with E-state index in [0.29, 0.717) is 30.6 Å². The minimum atomic E-state index is -0.0710. The summed E-state index contributed by atoms with van der Waals surface area (Å²) in [7, 11) is 0. The number of halogens is 1.